The van der Waals surface area contributed by atoms with Crippen molar-refractivity contribution in [2.24, 2.45) is 5.92 Å². The van der Waals surface area contributed by atoms with Gasteiger partial charge in [-0.1, -0.05) is 6.92 Å². The summed E-state index contributed by atoms with van der Waals surface area (Å²) in [5.41, 5.74) is -0.669. The molecule has 0 atom stereocenters. The zero-order valence-corrected chi connectivity index (χ0v) is 16.3. The molecule has 1 saturated heterocycles. The Morgan fingerprint density at radius 2 is 1.65 bits per heavy atom. The van der Waals surface area contributed by atoms with Crippen LogP contribution in [0.25, 0.3) is 17.6 Å². The van der Waals surface area contributed by atoms with Gasteiger partial charge in [-0.2, -0.15) is 26.3 Å². The average molecular weight is 447 g/mol. The van der Waals surface area contributed by atoms with Crippen LogP contribution in [0.1, 0.15) is 30.9 Å². The van der Waals surface area contributed by atoms with Crippen LogP contribution in [0, 0.1) is 5.92 Å². The average Bonchev–Trinajstić information content (AvgIpc) is 3.16. The van der Waals surface area contributed by atoms with Crippen molar-refractivity contribution in [2.45, 2.75) is 32.1 Å². The van der Waals surface area contributed by atoms with E-state index in [1.807, 2.05) is 0 Å². The van der Waals surface area contributed by atoms with Crippen LogP contribution in [0.4, 0.5) is 26.3 Å². The first-order chi connectivity index (χ1) is 14.4. The second-order valence-electron chi connectivity index (χ2n) is 7.30. The third-order valence-electron chi connectivity index (χ3n) is 4.78. The predicted molar refractivity (Wildman–Crippen MR) is 98.9 cm³/mol. The van der Waals surface area contributed by atoms with Gasteiger partial charge in [0.15, 0.2) is 5.82 Å². The number of nitrogens with zero attached hydrogens (tertiary/aromatic N) is 4. The van der Waals surface area contributed by atoms with E-state index in [0.29, 0.717) is 31.1 Å². The van der Waals surface area contributed by atoms with E-state index in [2.05, 4.69) is 22.4 Å². The van der Waals surface area contributed by atoms with Crippen molar-refractivity contribution in [2.75, 3.05) is 13.1 Å². The van der Waals surface area contributed by atoms with E-state index in [-0.39, 0.29) is 11.9 Å². The zero-order valence-electron chi connectivity index (χ0n) is 16.3. The van der Waals surface area contributed by atoms with Gasteiger partial charge in [0.2, 0.25) is 0 Å². The maximum atomic E-state index is 13.0. The lowest BCUT2D eigenvalue weighted by Crippen LogP contribution is -2.45. The van der Waals surface area contributed by atoms with Crippen molar-refractivity contribution < 1.29 is 31.1 Å². The van der Waals surface area contributed by atoms with Gasteiger partial charge in [-0.05, 0) is 37.0 Å². The van der Waals surface area contributed by atoms with E-state index in [9.17, 15) is 31.1 Å². The minimum Gasteiger partial charge on any atom is -0.285 e. The maximum absolute atomic E-state index is 13.0. The fourth-order valence-corrected chi connectivity index (χ4v) is 3.02. The number of nitrogens with one attached hydrogen (secondary N) is 1. The molecule has 6 nitrogen and oxygen atoms in total. The molecule has 1 N–H and O–H groups in total. The molecule has 1 amide bonds. The summed E-state index contributed by atoms with van der Waals surface area (Å²) in [4.78, 5) is 15.8. The Balaban J connectivity index is 1.75. The predicted octanol–water partition coefficient (Wildman–Crippen LogP) is 4.22. The molecule has 3 rings (SSSR count). The van der Waals surface area contributed by atoms with Crippen molar-refractivity contribution in [1.29, 1.82) is 0 Å². The molecule has 2 aromatic rings. The second kappa shape index (κ2) is 8.69. The monoisotopic (exact) mass is 447 g/mol. The number of amides is 1. The molecule has 0 aliphatic carbocycles. The molecule has 0 unspecified atom stereocenters. The Hall–Kier alpha value is -2.89. The van der Waals surface area contributed by atoms with Gasteiger partial charge >= 0.3 is 12.4 Å². The molecule has 1 aliphatic heterocycles. The Labute approximate surface area is 173 Å². The number of rotatable bonds is 4. The quantitative estimate of drug-likeness (QED) is 0.563. The molecule has 1 aromatic carbocycles. The number of aromatic nitrogens is 3. The molecule has 0 saturated carbocycles. The fourth-order valence-electron chi connectivity index (χ4n) is 3.02. The summed E-state index contributed by atoms with van der Waals surface area (Å²) in [6, 6.07) is 1.12. The molecule has 1 aliphatic rings. The minimum atomic E-state index is -4.97. The van der Waals surface area contributed by atoms with Crippen LogP contribution in [-0.2, 0) is 17.1 Å². The van der Waals surface area contributed by atoms with Gasteiger partial charge in [0, 0.05) is 30.9 Å². The highest BCUT2D eigenvalue weighted by atomic mass is 19.4. The summed E-state index contributed by atoms with van der Waals surface area (Å²) in [6.45, 7) is 3.56. The van der Waals surface area contributed by atoms with Gasteiger partial charge in [-0.15, -0.1) is 5.10 Å². The first-order valence-corrected chi connectivity index (χ1v) is 9.36. The summed E-state index contributed by atoms with van der Waals surface area (Å²) in [5, 5.41) is 5.62. The van der Waals surface area contributed by atoms with Crippen molar-refractivity contribution >= 4 is 12.1 Å². The highest BCUT2D eigenvalue weighted by molar-refractivity contribution is 5.89. The summed E-state index contributed by atoms with van der Waals surface area (Å²) in [6.07, 6.45) is -4.61. The van der Waals surface area contributed by atoms with Crippen LogP contribution >= 0.6 is 0 Å². The molecule has 31 heavy (non-hydrogen) atoms. The number of carbonyl (C=O) groups is 1. The van der Waals surface area contributed by atoms with Crippen LogP contribution in [0.2, 0.25) is 0 Å². The van der Waals surface area contributed by atoms with Crippen molar-refractivity contribution in [3.8, 4) is 11.4 Å². The first kappa shape index (κ1) is 22.8. The number of hydrazine groups is 1. The van der Waals surface area contributed by atoms with E-state index in [0.717, 1.165) is 29.9 Å². The number of benzene rings is 1. The van der Waals surface area contributed by atoms with Crippen LogP contribution in [0.3, 0.4) is 0 Å². The number of alkyl halides is 6. The molecule has 0 spiro atoms. The molecule has 1 aromatic heterocycles. The zero-order chi connectivity index (χ0) is 22.8. The molecule has 0 radical (unpaired) electrons. The lowest BCUT2D eigenvalue weighted by atomic mass is 10.0. The van der Waals surface area contributed by atoms with Gasteiger partial charge < -0.3 is 0 Å². The molecule has 0 bridgehead atoms. The highest BCUT2D eigenvalue weighted by Crippen LogP contribution is 2.38. The summed E-state index contributed by atoms with van der Waals surface area (Å²) in [7, 11) is 0. The fraction of sp³-hybridized carbons (Fsp3) is 0.421. The molecule has 168 valence electrons. The third-order valence-corrected chi connectivity index (χ3v) is 4.78. The molecular weight excluding hydrogens is 428 g/mol. The SMILES string of the molecule is CC1CCN(NC(=O)/C=C\n2cnc(-c3cc(C(F)(F)F)cc(C(F)(F)F)c3)n2)CC1. The van der Waals surface area contributed by atoms with Gasteiger partial charge in [-0.3, -0.25) is 10.2 Å². The van der Waals surface area contributed by atoms with Crippen LogP contribution < -0.4 is 5.43 Å². The lowest BCUT2D eigenvalue weighted by Gasteiger charge is -2.29. The molecule has 12 heteroatoms. The number of carbonyl (C=O) groups excluding carboxylic acids is 1. The van der Waals surface area contributed by atoms with Gasteiger partial charge in [0.05, 0.1) is 11.1 Å². The van der Waals surface area contributed by atoms with E-state index in [4.69, 9.17) is 0 Å². The normalized spacial score (nSPS) is 16.7. The summed E-state index contributed by atoms with van der Waals surface area (Å²) < 4.78 is 79.1. The molecular formula is C19H19F6N5O. The molecule has 1 fully saturated rings. The van der Waals surface area contributed by atoms with E-state index >= 15 is 0 Å². The second-order valence-corrected chi connectivity index (χ2v) is 7.30. The summed E-state index contributed by atoms with van der Waals surface area (Å²) >= 11 is 0. The van der Waals surface area contributed by atoms with Gasteiger partial charge in [-0.25, -0.2) is 14.7 Å². The smallest absolute Gasteiger partial charge is 0.285 e. The van der Waals surface area contributed by atoms with Gasteiger partial charge in [0.25, 0.3) is 5.91 Å². The van der Waals surface area contributed by atoms with Crippen molar-refractivity contribution in [1.82, 2.24) is 25.2 Å². The standard InChI is InChI=1S/C19H19F6N5O/c1-12-2-5-29(6-3-12)27-16(31)4-7-30-11-26-17(28-30)13-8-14(18(20,21)22)10-15(9-13)19(23,24)25/h4,7-12H,2-3,5-6H2,1H3,(H,27,31)/b7-4-. The number of hydrogen-bond donors (Lipinski definition) is 1. The lowest BCUT2D eigenvalue weighted by molar-refractivity contribution is -0.143. The van der Waals surface area contributed by atoms with Crippen LogP contribution in [-0.4, -0.2) is 38.8 Å². The van der Waals surface area contributed by atoms with Gasteiger partial charge in [0.1, 0.15) is 6.33 Å². The molecule has 2 heterocycles. The Kier molecular flexibility index (Phi) is 6.39. The first-order valence-electron chi connectivity index (χ1n) is 9.36. The third kappa shape index (κ3) is 6.06. The Morgan fingerprint density at radius 3 is 2.19 bits per heavy atom. The van der Waals surface area contributed by atoms with E-state index in [1.165, 1.54) is 6.20 Å². The van der Waals surface area contributed by atoms with E-state index in [1.54, 1.807) is 5.01 Å². The van der Waals surface area contributed by atoms with E-state index < -0.39 is 35.0 Å². The maximum Gasteiger partial charge on any atom is 0.416 e. The van der Waals surface area contributed by atoms with Crippen LogP contribution in [0.15, 0.2) is 30.6 Å². The number of hydrogen-bond acceptors (Lipinski definition) is 4. The Morgan fingerprint density at radius 1 is 1.06 bits per heavy atom. The van der Waals surface area contributed by atoms with Crippen molar-refractivity contribution in [3.05, 3.63) is 41.7 Å². The van der Waals surface area contributed by atoms with Crippen molar-refractivity contribution in [3.63, 3.8) is 0 Å². The topological polar surface area (TPSA) is 63.1 Å². The van der Waals surface area contributed by atoms with Crippen LogP contribution in [0.5, 0.6) is 0 Å². The highest BCUT2D eigenvalue weighted by Gasteiger charge is 2.37. The number of piperidine rings is 1. The Bertz CT molecular complexity index is 925. The largest absolute Gasteiger partial charge is 0.416 e. The summed E-state index contributed by atoms with van der Waals surface area (Å²) in [5.74, 6) is -0.192. The minimum absolute atomic E-state index is 0.0338. The number of halogens is 6.